The highest BCUT2D eigenvalue weighted by molar-refractivity contribution is 5.30. The van der Waals surface area contributed by atoms with Gasteiger partial charge < -0.3 is 20.1 Å². The highest BCUT2D eigenvalue weighted by atomic mass is 16.5. The molecule has 0 aromatic heterocycles. The van der Waals surface area contributed by atoms with Crippen LogP contribution in [-0.2, 0) is 4.74 Å². The molecule has 3 rings (SSSR count). The van der Waals surface area contributed by atoms with E-state index in [0.717, 1.165) is 38.4 Å². The first-order valence-electron chi connectivity index (χ1n) is 9.38. The van der Waals surface area contributed by atoms with E-state index in [1.165, 1.54) is 24.0 Å². The third-order valence-electron chi connectivity index (χ3n) is 5.45. The third-order valence-corrected chi connectivity index (χ3v) is 5.45. The van der Waals surface area contributed by atoms with Crippen molar-refractivity contribution in [2.45, 2.75) is 50.8 Å². The van der Waals surface area contributed by atoms with Crippen LogP contribution in [0.2, 0.25) is 0 Å². The number of β-amino-alcohol motifs (C(OH)–C–C–N with tert-alkyl or cyclic N) is 1. The zero-order chi connectivity index (χ0) is 16.9. The number of methoxy groups -OCH3 is 1. The molecule has 1 heterocycles. The minimum absolute atomic E-state index is 0.370. The van der Waals surface area contributed by atoms with Crippen LogP contribution in [0.5, 0.6) is 0 Å². The van der Waals surface area contributed by atoms with Gasteiger partial charge in [0, 0.05) is 25.7 Å². The van der Waals surface area contributed by atoms with E-state index in [0.29, 0.717) is 18.7 Å². The van der Waals surface area contributed by atoms with Gasteiger partial charge >= 0.3 is 0 Å². The summed E-state index contributed by atoms with van der Waals surface area (Å²) in [6, 6.07) is 9.92. The molecule has 1 aliphatic carbocycles. The SMILES string of the molecule is COCC(O)CN1CCC(NC(c2ccccc2C)C2CC2)CC1. The van der Waals surface area contributed by atoms with E-state index in [9.17, 15) is 5.11 Å². The van der Waals surface area contributed by atoms with Crippen molar-refractivity contribution in [3.05, 3.63) is 35.4 Å². The average Bonchev–Trinajstić information content (AvgIpc) is 3.40. The summed E-state index contributed by atoms with van der Waals surface area (Å²) < 4.78 is 5.02. The molecular formula is C20H32N2O2. The second kappa shape index (κ2) is 8.43. The topological polar surface area (TPSA) is 44.7 Å². The second-order valence-electron chi connectivity index (χ2n) is 7.52. The van der Waals surface area contributed by atoms with Crippen molar-refractivity contribution in [2.24, 2.45) is 5.92 Å². The number of rotatable bonds is 8. The molecule has 134 valence electrons. The number of likely N-dealkylation sites (tertiary alicyclic amines) is 1. The number of piperidine rings is 1. The Bertz CT molecular complexity index is 510. The van der Waals surface area contributed by atoms with Crippen molar-refractivity contribution in [1.29, 1.82) is 0 Å². The van der Waals surface area contributed by atoms with Gasteiger partial charge in [0.2, 0.25) is 0 Å². The van der Waals surface area contributed by atoms with E-state index < -0.39 is 0 Å². The second-order valence-corrected chi connectivity index (χ2v) is 7.52. The van der Waals surface area contributed by atoms with Gasteiger partial charge in [-0.05, 0) is 62.7 Å². The Morgan fingerprint density at radius 1 is 1.21 bits per heavy atom. The van der Waals surface area contributed by atoms with Crippen molar-refractivity contribution < 1.29 is 9.84 Å². The van der Waals surface area contributed by atoms with Crippen LogP contribution in [0.4, 0.5) is 0 Å². The molecule has 4 heteroatoms. The van der Waals surface area contributed by atoms with Crippen molar-refractivity contribution in [3.63, 3.8) is 0 Å². The minimum atomic E-state index is -0.370. The fourth-order valence-corrected chi connectivity index (χ4v) is 3.92. The lowest BCUT2D eigenvalue weighted by Crippen LogP contribution is -2.46. The monoisotopic (exact) mass is 332 g/mol. The van der Waals surface area contributed by atoms with E-state index >= 15 is 0 Å². The summed E-state index contributed by atoms with van der Waals surface area (Å²) in [4.78, 5) is 2.36. The molecule has 2 unspecified atom stereocenters. The van der Waals surface area contributed by atoms with Crippen LogP contribution in [0.3, 0.4) is 0 Å². The van der Waals surface area contributed by atoms with E-state index in [4.69, 9.17) is 4.74 Å². The largest absolute Gasteiger partial charge is 0.389 e. The molecule has 0 amide bonds. The maximum absolute atomic E-state index is 9.89. The molecule has 4 nitrogen and oxygen atoms in total. The molecule has 2 atom stereocenters. The third kappa shape index (κ3) is 4.79. The van der Waals surface area contributed by atoms with Gasteiger partial charge in [-0.2, -0.15) is 0 Å². The highest BCUT2D eigenvalue weighted by Gasteiger charge is 2.35. The zero-order valence-electron chi connectivity index (χ0n) is 15.1. The lowest BCUT2D eigenvalue weighted by molar-refractivity contribution is 0.0306. The van der Waals surface area contributed by atoms with Crippen molar-refractivity contribution in [2.75, 3.05) is 33.4 Å². The molecule has 1 aromatic rings. The van der Waals surface area contributed by atoms with E-state index in [-0.39, 0.29) is 6.10 Å². The van der Waals surface area contributed by atoms with Gasteiger partial charge in [-0.25, -0.2) is 0 Å². The molecule has 0 radical (unpaired) electrons. The predicted octanol–water partition coefficient (Wildman–Crippen LogP) is 2.51. The molecule has 2 aliphatic rings. The van der Waals surface area contributed by atoms with E-state index in [1.54, 1.807) is 7.11 Å². The maximum Gasteiger partial charge on any atom is 0.0900 e. The number of benzene rings is 1. The van der Waals surface area contributed by atoms with Gasteiger partial charge in [0.1, 0.15) is 0 Å². The summed E-state index contributed by atoms with van der Waals surface area (Å²) in [6.07, 6.45) is 4.66. The molecule has 1 aromatic carbocycles. The fraction of sp³-hybridized carbons (Fsp3) is 0.700. The number of nitrogens with one attached hydrogen (secondary N) is 1. The van der Waals surface area contributed by atoms with Gasteiger partial charge in [0.05, 0.1) is 12.7 Å². The lowest BCUT2D eigenvalue weighted by Gasteiger charge is -2.36. The normalized spacial score (nSPS) is 22.5. The number of hydrogen-bond donors (Lipinski definition) is 2. The van der Waals surface area contributed by atoms with Crippen molar-refractivity contribution in [3.8, 4) is 0 Å². The Morgan fingerprint density at radius 3 is 2.54 bits per heavy atom. The van der Waals surface area contributed by atoms with Gasteiger partial charge in [-0.15, -0.1) is 0 Å². The number of hydrogen-bond acceptors (Lipinski definition) is 4. The van der Waals surface area contributed by atoms with Crippen LogP contribution in [-0.4, -0.2) is 55.5 Å². The zero-order valence-corrected chi connectivity index (χ0v) is 15.1. The number of ether oxygens (including phenoxy) is 1. The molecule has 1 saturated carbocycles. The lowest BCUT2D eigenvalue weighted by atomic mass is 9.95. The van der Waals surface area contributed by atoms with E-state index in [1.807, 2.05) is 0 Å². The number of aliphatic hydroxyl groups is 1. The summed E-state index contributed by atoms with van der Waals surface area (Å²) in [5, 5.41) is 13.9. The summed E-state index contributed by atoms with van der Waals surface area (Å²) in [5.41, 5.74) is 2.89. The smallest absolute Gasteiger partial charge is 0.0900 e. The first kappa shape index (κ1) is 17.9. The van der Waals surface area contributed by atoms with Crippen LogP contribution in [0, 0.1) is 12.8 Å². The number of nitrogens with zero attached hydrogens (tertiary/aromatic N) is 1. The summed E-state index contributed by atoms with van der Waals surface area (Å²) >= 11 is 0. The maximum atomic E-state index is 9.89. The quantitative estimate of drug-likeness (QED) is 0.768. The molecule has 24 heavy (non-hydrogen) atoms. The molecular weight excluding hydrogens is 300 g/mol. The highest BCUT2D eigenvalue weighted by Crippen LogP contribution is 2.42. The van der Waals surface area contributed by atoms with Gasteiger partial charge in [0.25, 0.3) is 0 Å². The summed E-state index contributed by atoms with van der Waals surface area (Å²) in [7, 11) is 1.64. The van der Waals surface area contributed by atoms with Gasteiger partial charge in [-0.1, -0.05) is 24.3 Å². The number of aliphatic hydroxyl groups excluding tert-OH is 1. The Kier molecular flexibility index (Phi) is 6.28. The van der Waals surface area contributed by atoms with Crippen LogP contribution in [0.1, 0.15) is 42.9 Å². The summed E-state index contributed by atoms with van der Waals surface area (Å²) in [6.45, 7) is 5.50. The Hall–Kier alpha value is -0.940. The van der Waals surface area contributed by atoms with Crippen LogP contribution in [0.15, 0.2) is 24.3 Å². The number of aryl methyl sites for hydroxylation is 1. The summed E-state index contributed by atoms with van der Waals surface area (Å²) in [5.74, 6) is 0.813. The average molecular weight is 332 g/mol. The first-order chi connectivity index (χ1) is 11.7. The van der Waals surface area contributed by atoms with Gasteiger partial charge in [0.15, 0.2) is 0 Å². The van der Waals surface area contributed by atoms with Gasteiger partial charge in [-0.3, -0.25) is 0 Å². The predicted molar refractivity (Wildman–Crippen MR) is 97.1 cm³/mol. The molecule has 2 N–H and O–H groups in total. The molecule has 1 aliphatic heterocycles. The van der Waals surface area contributed by atoms with Crippen molar-refractivity contribution >= 4 is 0 Å². The Morgan fingerprint density at radius 2 is 1.92 bits per heavy atom. The fourth-order valence-electron chi connectivity index (χ4n) is 3.92. The van der Waals surface area contributed by atoms with E-state index in [2.05, 4.69) is 41.4 Å². The Balaban J connectivity index is 1.52. The first-order valence-corrected chi connectivity index (χ1v) is 9.38. The van der Waals surface area contributed by atoms with Crippen LogP contribution >= 0.6 is 0 Å². The molecule has 2 fully saturated rings. The molecule has 0 spiro atoms. The molecule has 1 saturated heterocycles. The van der Waals surface area contributed by atoms with Crippen LogP contribution in [0.25, 0.3) is 0 Å². The van der Waals surface area contributed by atoms with Crippen molar-refractivity contribution in [1.82, 2.24) is 10.2 Å². The van der Waals surface area contributed by atoms with Crippen LogP contribution < -0.4 is 5.32 Å². The standard InChI is InChI=1S/C20H32N2O2/c1-15-5-3-4-6-19(15)20(16-7-8-16)21-17-9-11-22(12-10-17)13-18(23)14-24-2/h3-6,16-18,20-21,23H,7-14H2,1-2H3. The molecule has 0 bridgehead atoms. The minimum Gasteiger partial charge on any atom is -0.389 e. The Labute approximate surface area is 146 Å².